The molecule has 30 heavy (non-hydrogen) atoms. The van der Waals surface area contributed by atoms with E-state index in [0.717, 1.165) is 0 Å². The Morgan fingerprint density at radius 2 is 1.27 bits per heavy atom. The highest BCUT2D eigenvalue weighted by atomic mass is 16.6. The third kappa shape index (κ3) is 13.7. The Bertz CT molecular complexity index is 659. The molecule has 0 aromatic rings. The summed E-state index contributed by atoms with van der Waals surface area (Å²) in [4.78, 5) is 69.0. The van der Waals surface area contributed by atoms with Crippen molar-refractivity contribution in [3.63, 3.8) is 0 Å². The Labute approximate surface area is 174 Å². The van der Waals surface area contributed by atoms with Crippen molar-refractivity contribution in [2.45, 2.75) is 39.3 Å². The van der Waals surface area contributed by atoms with Crippen LogP contribution in [0.15, 0.2) is 0 Å². The summed E-state index contributed by atoms with van der Waals surface area (Å²) in [6.45, 7) is 4.82. The molecule has 5 amide bonds. The highest BCUT2D eigenvalue weighted by molar-refractivity contribution is 5.92. The molecule has 0 aromatic carbocycles. The van der Waals surface area contributed by atoms with Gasteiger partial charge in [0, 0.05) is 0 Å². The maximum atomic E-state index is 11.7. The van der Waals surface area contributed by atoms with E-state index in [-0.39, 0.29) is 13.1 Å². The molecule has 0 aliphatic carbocycles. The van der Waals surface area contributed by atoms with Gasteiger partial charge in [0.2, 0.25) is 23.6 Å². The number of alkyl carbamates (subject to hydrolysis) is 1. The average molecular weight is 431 g/mol. The van der Waals surface area contributed by atoms with Crippen molar-refractivity contribution in [1.29, 1.82) is 0 Å². The van der Waals surface area contributed by atoms with Crippen LogP contribution in [0.25, 0.3) is 0 Å². The predicted molar refractivity (Wildman–Crippen MR) is 103 cm³/mol. The third-order valence-electron chi connectivity index (χ3n) is 3.09. The number of amides is 5. The van der Waals surface area contributed by atoms with E-state index in [1.807, 2.05) is 0 Å². The molecule has 0 rings (SSSR count). The zero-order chi connectivity index (χ0) is 23.3. The summed E-state index contributed by atoms with van der Waals surface area (Å²) in [7, 11) is 1.17. The topological polar surface area (TPSA) is 181 Å². The van der Waals surface area contributed by atoms with Gasteiger partial charge in [0.15, 0.2) is 0 Å². The molecule has 13 heteroatoms. The molecule has 170 valence electrons. The largest absolute Gasteiger partial charge is 0.468 e. The molecule has 0 radical (unpaired) electrons. The van der Waals surface area contributed by atoms with Gasteiger partial charge in [-0.2, -0.15) is 0 Å². The maximum Gasteiger partial charge on any atom is 0.408 e. The first-order valence-electron chi connectivity index (χ1n) is 8.98. The van der Waals surface area contributed by atoms with Gasteiger partial charge < -0.3 is 36.1 Å². The van der Waals surface area contributed by atoms with E-state index >= 15 is 0 Å². The number of nitrogens with one attached hydrogen (secondary N) is 5. The van der Waals surface area contributed by atoms with Gasteiger partial charge in [-0.25, -0.2) is 4.79 Å². The zero-order valence-corrected chi connectivity index (χ0v) is 17.7. The van der Waals surface area contributed by atoms with E-state index in [9.17, 15) is 28.8 Å². The number of ether oxygens (including phenoxy) is 2. The van der Waals surface area contributed by atoms with Gasteiger partial charge in [-0.15, -0.1) is 0 Å². The van der Waals surface area contributed by atoms with Crippen molar-refractivity contribution in [3.8, 4) is 0 Å². The highest BCUT2D eigenvalue weighted by Crippen LogP contribution is 2.05. The minimum Gasteiger partial charge on any atom is -0.468 e. The molecule has 0 aliphatic heterocycles. The Kier molecular flexibility index (Phi) is 11.5. The van der Waals surface area contributed by atoms with Crippen LogP contribution >= 0.6 is 0 Å². The van der Waals surface area contributed by atoms with E-state index in [1.165, 1.54) is 14.0 Å². The van der Waals surface area contributed by atoms with Crippen LogP contribution in [0.5, 0.6) is 0 Å². The van der Waals surface area contributed by atoms with Gasteiger partial charge in [0.25, 0.3) is 0 Å². The molecular weight excluding hydrogens is 402 g/mol. The Balaban J connectivity index is 4.05. The molecule has 0 saturated carbocycles. The van der Waals surface area contributed by atoms with Crippen LogP contribution < -0.4 is 26.6 Å². The van der Waals surface area contributed by atoms with Crippen LogP contribution in [0.3, 0.4) is 0 Å². The molecule has 0 saturated heterocycles. The smallest absolute Gasteiger partial charge is 0.408 e. The Hall–Kier alpha value is -3.38. The van der Waals surface area contributed by atoms with Crippen LogP contribution in [0.4, 0.5) is 4.79 Å². The molecular formula is C17H29N5O8. The molecule has 5 N–H and O–H groups in total. The molecule has 0 spiro atoms. The fourth-order valence-corrected chi connectivity index (χ4v) is 1.69. The summed E-state index contributed by atoms with van der Waals surface area (Å²) in [5.74, 6) is -3.18. The SMILES string of the molecule is COC(=O)CNC(=O)[C@H](C)NC(=O)CNC(=O)CNC(=O)CNC(=O)OC(C)(C)C. The van der Waals surface area contributed by atoms with Crippen molar-refractivity contribution in [1.82, 2.24) is 26.6 Å². The van der Waals surface area contributed by atoms with E-state index in [4.69, 9.17) is 4.74 Å². The van der Waals surface area contributed by atoms with Gasteiger partial charge >= 0.3 is 12.1 Å². The quantitative estimate of drug-likeness (QED) is 0.236. The summed E-state index contributed by atoms with van der Waals surface area (Å²) in [6, 6.07) is -0.947. The highest BCUT2D eigenvalue weighted by Gasteiger charge is 2.18. The Morgan fingerprint density at radius 3 is 1.77 bits per heavy atom. The van der Waals surface area contributed by atoms with Crippen molar-refractivity contribution < 1.29 is 38.2 Å². The van der Waals surface area contributed by atoms with Gasteiger partial charge in [-0.3, -0.25) is 24.0 Å². The average Bonchev–Trinajstić information content (AvgIpc) is 2.65. The second kappa shape index (κ2) is 13.0. The van der Waals surface area contributed by atoms with Crippen molar-refractivity contribution >= 4 is 35.7 Å². The number of hydrogen-bond acceptors (Lipinski definition) is 8. The van der Waals surface area contributed by atoms with Gasteiger partial charge in [0.05, 0.1) is 20.2 Å². The van der Waals surface area contributed by atoms with Crippen LogP contribution in [-0.2, 0) is 33.4 Å². The number of rotatable bonds is 10. The summed E-state index contributed by atoms with van der Waals surface area (Å²) in [5, 5.41) is 11.3. The molecule has 0 aliphatic rings. The van der Waals surface area contributed by atoms with Crippen molar-refractivity contribution in [2.75, 3.05) is 33.3 Å². The van der Waals surface area contributed by atoms with Crippen molar-refractivity contribution in [3.05, 3.63) is 0 Å². The van der Waals surface area contributed by atoms with Crippen LogP contribution in [-0.4, -0.2) is 80.6 Å². The van der Waals surface area contributed by atoms with Gasteiger partial charge in [0.1, 0.15) is 24.7 Å². The molecule has 1 atom stereocenters. The first-order valence-corrected chi connectivity index (χ1v) is 8.98. The first kappa shape index (κ1) is 26.6. The minimum absolute atomic E-state index is 0.339. The summed E-state index contributed by atoms with van der Waals surface area (Å²) >= 11 is 0. The predicted octanol–water partition coefficient (Wildman–Crippen LogP) is -2.46. The van der Waals surface area contributed by atoms with E-state index in [1.54, 1.807) is 20.8 Å². The zero-order valence-electron chi connectivity index (χ0n) is 17.7. The molecule has 0 aromatic heterocycles. The second-order valence-corrected chi connectivity index (χ2v) is 6.99. The standard InChI is InChI=1S/C17H29N5O8/c1-10(15(27)20-9-14(26)29-5)22-13(25)8-19-11(23)6-18-12(24)7-21-16(28)30-17(2,3)4/h10H,6-9H2,1-5H3,(H,18,24)(H,19,23)(H,20,27)(H,21,28)(H,22,25)/t10-/m0/s1. The minimum atomic E-state index is -0.947. The lowest BCUT2D eigenvalue weighted by atomic mass is 10.2. The second-order valence-electron chi connectivity index (χ2n) is 6.99. The first-order chi connectivity index (χ1) is 13.8. The summed E-state index contributed by atoms with van der Waals surface area (Å²) < 4.78 is 9.32. The van der Waals surface area contributed by atoms with Gasteiger partial charge in [-0.05, 0) is 27.7 Å². The third-order valence-corrected chi connectivity index (χ3v) is 3.09. The number of esters is 1. The molecule has 0 bridgehead atoms. The number of carbonyl (C=O) groups is 6. The van der Waals surface area contributed by atoms with Crippen molar-refractivity contribution in [2.24, 2.45) is 0 Å². The van der Waals surface area contributed by atoms with Crippen LogP contribution in [0.1, 0.15) is 27.7 Å². The lowest BCUT2D eigenvalue weighted by Gasteiger charge is -2.19. The Morgan fingerprint density at radius 1 is 0.767 bits per heavy atom. The monoisotopic (exact) mass is 431 g/mol. The molecule has 0 heterocycles. The summed E-state index contributed by atoms with van der Waals surface area (Å²) in [6.07, 6.45) is -0.775. The van der Waals surface area contributed by atoms with Crippen LogP contribution in [0.2, 0.25) is 0 Å². The number of methoxy groups -OCH3 is 1. The van der Waals surface area contributed by atoms with E-state index in [2.05, 4.69) is 31.3 Å². The lowest BCUT2D eigenvalue weighted by Crippen LogP contribution is -2.49. The van der Waals surface area contributed by atoms with Crippen LogP contribution in [0, 0.1) is 0 Å². The molecule has 0 unspecified atom stereocenters. The normalized spacial score (nSPS) is 11.4. The van der Waals surface area contributed by atoms with E-state index in [0.29, 0.717) is 0 Å². The fraction of sp³-hybridized carbons (Fsp3) is 0.647. The fourth-order valence-electron chi connectivity index (χ4n) is 1.69. The van der Waals surface area contributed by atoms with E-state index < -0.39 is 60.4 Å². The number of hydrogen-bond donors (Lipinski definition) is 5. The number of carbonyl (C=O) groups excluding carboxylic acids is 6. The maximum absolute atomic E-state index is 11.7. The van der Waals surface area contributed by atoms with Gasteiger partial charge in [-0.1, -0.05) is 0 Å². The molecule has 13 nitrogen and oxygen atoms in total. The molecule has 0 fully saturated rings. The summed E-state index contributed by atoms with van der Waals surface area (Å²) in [5.41, 5.74) is -0.708. The lowest BCUT2D eigenvalue weighted by molar-refractivity contribution is -0.141.